The van der Waals surface area contributed by atoms with Gasteiger partial charge >= 0.3 is 12.1 Å². The normalized spacial score (nSPS) is 14.1. The second-order valence-electron chi connectivity index (χ2n) is 8.09. The molecule has 0 saturated heterocycles. The number of alkyl carbamates (subject to hydrolysis) is 1. The average Bonchev–Trinajstić information content (AvgIpc) is 3.14. The minimum absolute atomic E-state index is 0.0484. The molecule has 35 heavy (non-hydrogen) atoms. The highest BCUT2D eigenvalue weighted by atomic mass is 19.3. The molecule has 3 rings (SSSR count). The lowest BCUT2D eigenvalue weighted by atomic mass is 9.98. The van der Waals surface area contributed by atoms with Gasteiger partial charge in [-0.3, -0.25) is 9.59 Å². The topological polar surface area (TPSA) is 114 Å². The fraction of sp³-hybridized carbons (Fsp3) is 0.400. The van der Waals surface area contributed by atoms with Crippen molar-refractivity contribution < 1.29 is 37.7 Å². The van der Waals surface area contributed by atoms with E-state index < -0.39 is 43.0 Å². The van der Waals surface area contributed by atoms with E-state index in [0.29, 0.717) is 0 Å². The van der Waals surface area contributed by atoms with E-state index >= 15 is 0 Å². The quantitative estimate of drug-likeness (QED) is 0.419. The van der Waals surface area contributed by atoms with Crippen molar-refractivity contribution in [3.63, 3.8) is 0 Å². The number of ether oxygens (including phenoxy) is 2. The van der Waals surface area contributed by atoms with Crippen molar-refractivity contribution in [1.29, 1.82) is 0 Å². The predicted octanol–water partition coefficient (Wildman–Crippen LogP) is 3.54. The molecule has 2 aromatic carbocycles. The first kappa shape index (κ1) is 26.1. The highest BCUT2D eigenvalue weighted by molar-refractivity contribution is 5.79. The number of hydrogen-bond donors (Lipinski definition) is 3. The number of carbonyl (C=O) groups excluding carboxylic acids is 2. The van der Waals surface area contributed by atoms with E-state index in [1.54, 1.807) is 6.92 Å². The summed E-state index contributed by atoms with van der Waals surface area (Å²) < 4.78 is 37.5. The smallest absolute Gasteiger partial charge is 0.407 e. The second kappa shape index (κ2) is 12.3. The molecule has 0 radical (unpaired) electrons. The van der Waals surface area contributed by atoms with Gasteiger partial charge < -0.3 is 25.2 Å². The van der Waals surface area contributed by atoms with Crippen molar-refractivity contribution in [2.24, 2.45) is 0 Å². The zero-order valence-electron chi connectivity index (χ0n) is 19.2. The highest BCUT2D eigenvalue weighted by Gasteiger charge is 2.30. The monoisotopic (exact) mass is 490 g/mol. The van der Waals surface area contributed by atoms with Crippen molar-refractivity contribution in [2.45, 2.75) is 44.3 Å². The van der Waals surface area contributed by atoms with Gasteiger partial charge in [-0.05, 0) is 29.2 Å². The van der Waals surface area contributed by atoms with E-state index in [1.807, 2.05) is 48.5 Å². The lowest BCUT2D eigenvalue weighted by Gasteiger charge is -2.20. The molecule has 2 unspecified atom stereocenters. The SMILES string of the molecule is CCOC(CNC(=O)CC(NC(=O)OCC1c2ccccc2-c2ccccc21)C(F)F)CC(=O)O. The number of amides is 2. The molecular formula is C25H28F2N2O6. The second-order valence-corrected chi connectivity index (χ2v) is 8.09. The van der Waals surface area contributed by atoms with Crippen molar-refractivity contribution in [3.05, 3.63) is 59.7 Å². The highest BCUT2D eigenvalue weighted by Crippen LogP contribution is 2.44. The lowest BCUT2D eigenvalue weighted by molar-refractivity contribution is -0.140. The maximum absolute atomic E-state index is 13.5. The summed E-state index contributed by atoms with van der Waals surface area (Å²) in [5.41, 5.74) is 4.04. The first-order chi connectivity index (χ1) is 16.8. The average molecular weight is 491 g/mol. The van der Waals surface area contributed by atoms with Crippen LogP contribution in [0, 0.1) is 0 Å². The van der Waals surface area contributed by atoms with Crippen LogP contribution >= 0.6 is 0 Å². The van der Waals surface area contributed by atoms with Crippen LogP contribution in [0.5, 0.6) is 0 Å². The van der Waals surface area contributed by atoms with Crippen LogP contribution in [0.4, 0.5) is 13.6 Å². The number of carboxylic acid groups (broad SMARTS) is 1. The summed E-state index contributed by atoms with van der Waals surface area (Å²) in [6.45, 7) is 1.70. The summed E-state index contributed by atoms with van der Waals surface area (Å²) in [5.74, 6) is -2.12. The molecule has 2 atom stereocenters. The third kappa shape index (κ3) is 6.98. The zero-order valence-corrected chi connectivity index (χ0v) is 19.2. The van der Waals surface area contributed by atoms with Gasteiger partial charge in [-0.15, -0.1) is 0 Å². The summed E-state index contributed by atoms with van der Waals surface area (Å²) in [6, 6.07) is 13.7. The molecule has 0 fully saturated rings. The third-order valence-corrected chi connectivity index (χ3v) is 5.69. The molecule has 188 valence electrons. The van der Waals surface area contributed by atoms with Crippen molar-refractivity contribution in [1.82, 2.24) is 10.6 Å². The molecule has 1 aliphatic rings. The van der Waals surface area contributed by atoms with E-state index in [-0.39, 0.29) is 32.1 Å². The van der Waals surface area contributed by atoms with Gasteiger partial charge in [0.15, 0.2) is 0 Å². The maximum atomic E-state index is 13.5. The van der Waals surface area contributed by atoms with Crippen LogP contribution in [0.15, 0.2) is 48.5 Å². The Morgan fingerprint density at radius 1 is 1.00 bits per heavy atom. The van der Waals surface area contributed by atoms with Gasteiger partial charge in [0.2, 0.25) is 5.91 Å². The van der Waals surface area contributed by atoms with Gasteiger partial charge in [0.05, 0.1) is 18.9 Å². The molecule has 0 aromatic heterocycles. The van der Waals surface area contributed by atoms with Crippen LogP contribution < -0.4 is 10.6 Å². The summed E-state index contributed by atoms with van der Waals surface area (Å²) >= 11 is 0. The summed E-state index contributed by atoms with van der Waals surface area (Å²) in [4.78, 5) is 35.3. The van der Waals surface area contributed by atoms with E-state index in [9.17, 15) is 23.2 Å². The molecule has 2 amide bonds. The molecule has 0 heterocycles. The van der Waals surface area contributed by atoms with Crippen molar-refractivity contribution >= 4 is 18.0 Å². The van der Waals surface area contributed by atoms with Crippen molar-refractivity contribution in [2.75, 3.05) is 19.8 Å². The van der Waals surface area contributed by atoms with Gasteiger partial charge in [-0.1, -0.05) is 48.5 Å². The largest absolute Gasteiger partial charge is 0.481 e. The Morgan fingerprint density at radius 3 is 2.14 bits per heavy atom. The first-order valence-electron chi connectivity index (χ1n) is 11.3. The number of halogens is 2. The van der Waals surface area contributed by atoms with Gasteiger partial charge in [0, 0.05) is 19.1 Å². The molecule has 2 aromatic rings. The number of hydrogen-bond acceptors (Lipinski definition) is 5. The molecular weight excluding hydrogens is 462 g/mol. The lowest BCUT2D eigenvalue weighted by Crippen LogP contribution is -2.45. The number of benzene rings is 2. The van der Waals surface area contributed by atoms with Crippen LogP contribution in [-0.2, 0) is 19.1 Å². The molecule has 8 nitrogen and oxygen atoms in total. The van der Waals surface area contributed by atoms with E-state index in [2.05, 4.69) is 10.6 Å². The van der Waals surface area contributed by atoms with Gasteiger partial charge in [0.25, 0.3) is 6.43 Å². The molecule has 3 N–H and O–H groups in total. The Hall–Kier alpha value is -3.53. The summed E-state index contributed by atoms with van der Waals surface area (Å²) in [5, 5.41) is 13.3. The number of fused-ring (bicyclic) bond motifs is 3. The van der Waals surface area contributed by atoms with Crippen LogP contribution in [0.2, 0.25) is 0 Å². The van der Waals surface area contributed by atoms with Crippen LogP contribution in [0.1, 0.15) is 36.8 Å². The fourth-order valence-electron chi connectivity index (χ4n) is 4.11. The van der Waals surface area contributed by atoms with Gasteiger partial charge in [-0.25, -0.2) is 13.6 Å². The van der Waals surface area contributed by atoms with Crippen molar-refractivity contribution in [3.8, 4) is 11.1 Å². The molecule has 0 spiro atoms. The molecule has 0 saturated carbocycles. The number of carboxylic acids is 1. The summed E-state index contributed by atoms with van der Waals surface area (Å²) in [6.07, 6.45) is -5.90. The number of nitrogens with one attached hydrogen (secondary N) is 2. The fourth-order valence-corrected chi connectivity index (χ4v) is 4.11. The van der Waals surface area contributed by atoms with Crippen LogP contribution in [-0.4, -0.2) is 61.4 Å². The predicted molar refractivity (Wildman–Crippen MR) is 123 cm³/mol. The first-order valence-corrected chi connectivity index (χ1v) is 11.3. The van der Waals surface area contributed by atoms with E-state index in [0.717, 1.165) is 22.3 Å². The van der Waals surface area contributed by atoms with Gasteiger partial charge in [0.1, 0.15) is 12.6 Å². The maximum Gasteiger partial charge on any atom is 0.407 e. The molecule has 10 heteroatoms. The van der Waals surface area contributed by atoms with Crippen LogP contribution in [0.25, 0.3) is 11.1 Å². The Morgan fingerprint density at radius 2 is 1.60 bits per heavy atom. The summed E-state index contributed by atoms with van der Waals surface area (Å²) in [7, 11) is 0. The zero-order chi connectivity index (χ0) is 25.4. The van der Waals surface area contributed by atoms with Crippen LogP contribution in [0.3, 0.4) is 0 Å². The number of alkyl halides is 2. The third-order valence-electron chi connectivity index (χ3n) is 5.69. The Kier molecular flexibility index (Phi) is 9.13. The molecule has 1 aliphatic carbocycles. The van der Waals surface area contributed by atoms with E-state index in [1.165, 1.54) is 0 Å². The number of rotatable bonds is 12. The van der Waals surface area contributed by atoms with E-state index in [4.69, 9.17) is 14.6 Å². The van der Waals surface area contributed by atoms with Gasteiger partial charge in [-0.2, -0.15) is 0 Å². The number of aliphatic carboxylic acids is 1. The molecule has 0 aliphatic heterocycles. The standard InChI is InChI=1S/C25H28F2N2O6/c1-2-34-15(11-23(31)32)13-28-22(30)12-21(24(26)27)29-25(33)35-14-20-18-9-5-3-7-16(18)17-8-4-6-10-19(17)20/h3-10,15,20-21,24H,2,11-14H2,1H3,(H,28,30)(H,29,33)(H,31,32). The Bertz CT molecular complexity index is 1000. The minimum Gasteiger partial charge on any atom is -0.481 e. The Labute approximate surface area is 201 Å². The number of carbonyl (C=O) groups is 3. The minimum atomic E-state index is -3.01. The Balaban J connectivity index is 1.54. The molecule has 0 bridgehead atoms.